The molecule has 1 amide bonds. The van der Waals surface area contributed by atoms with Crippen LogP contribution >= 0.6 is 11.3 Å². The Kier molecular flexibility index (Phi) is 4.91. The molecule has 0 saturated carbocycles. The summed E-state index contributed by atoms with van der Waals surface area (Å²) >= 11 is 1.51. The molecule has 5 rings (SSSR count). The van der Waals surface area contributed by atoms with Crippen molar-refractivity contribution in [1.29, 1.82) is 0 Å². The third-order valence-corrected chi connectivity index (χ3v) is 5.99. The smallest absolute Gasteiger partial charge is 0.270 e. The number of amides is 1. The molecule has 4 aromatic heterocycles. The summed E-state index contributed by atoms with van der Waals surface area (Å²) in [6, 6.07) is 12.6. The number of aryl methyl sites for hydroxylation is 1. The normalized spacial score (nSPS) is 11.2. The molecule has 0 spiro atoms. The van der Waals surface area contributed by atoms with Crippen LogP contribution in [0.3, 0.4) is 0 Å². The van der Waals surface area contributed by atoms with Gasteiger partial charge < -0.3 is 4.52 Å². The van der Waals surface area contributed by atoms with E-state index in [9.17, 15) is 9.59 Å². The maximum atomic E-state index is 13.2. The molecule has 0 radical (unpaired) electrons. The van der Waals surface area contributed by atoms with Gasteiger partial charge in [-0.05, 0) is 43.5 Å². The van der Waals surface area contributed by atoms with E-state index in [-0.39, 0.29) is 17.2 Å². The van der Waals surface area contributed by atoms with Crippen molar-refractivity contribution >= 4 is 45.2 Å². The summed E-state index contributed by atoms with van der Waals surface area (Å²) in [5.74, 6) is -0.179. The number of aromatic nitrogens is 4. The number of anilines is 1. The summed E-state index contributed by atoms with van der Waals surface area (Å²) in [5, 5.41) is 6.94. The lowest BCUT2D eigenvalue weighted by molar-refractivity contribution is 0.0963. The predicted octanol–water partition coefficient (Wildman–Crippen LogP) is 3.75. The van der Waals surface area contributed by atoms with Crippen molar-refractivity contribution in [1.82, 2.24) is 25.1 Å². The average molecular weight is 446 g/mol. The molecule has 4 heterocycles. The topological polar surface area (TPSA) is 115 Å². The molecule has 0 aliphatic heterocycles. The number of carbonyl (C=O) groups excluding carboxylic acids is 1. The van der Waals surface area contributed by atoms with Gasteiger partial charge in [-0.1, -0.05) is 23.4 Å². The van der Waals surface area contributed by atoms with Crippen LogP contribution in [0.5, 0.6) is 0 Å². The zero-order valence-electron chi connectivity index (χ0n) is 17.2. The Morgan fingerprint density at radius 3 is 2.81 bits per heavy atom. The van der Waals surface area contributed by atoms with Crippen LogP contribution in [0.4, 0.5) is 5.95 Å². The molecule has 0 saturated heterocycles. The van der Waals surface area contributed by atoms with Crippen molar-refractivity contribution in [3.8, 4) is 10.6 Å². The van der Waals surface area contributed by atoms with E-state index in [0.29, 0.717) is 39.8 Å². The number of fused-ring (bicyclic) bond motifs is 2. The number of pyridine rings is 1. The number of rotatable bonds is 5. The highest BCUT2D eigenvalue weighted by atomic mass is 32.1. The van der Waals surface area contributed by atoms with E-state index < -0.39 is 5.91 Å². The molecule has 0 fully saturated rings. The van der Waals surface area contributed by atoms with Crippen LogP contribution in [0.15, 0.2) is 57.2 Å². The number of nitrogens with one attached hydrogen (secondary N) is 2. The van der Waals surface area contributed by atoms with Gasteiger partial charge in [0.05, 0.1) is 38.1 Å². The second-order valence-electron chi connectivity index (χ2n) is 7.06. The summed E-state index contributed by atoms with van der Waals surface area (Å²) in [4.78, 5) is 35.9. The first-order valence-electron chi connectivity index (χ1n) is 9.93. The van der Waals surface area contributed by atoms with Crippen LogP contribution in [0.25, 0.3) is 32.6 Å². The summed E-state index contributed by atoms with van der Waals surface area (Å²) in [7, 11) is 0. The number of para-hydroxylation sites is 1. The second kappa shape index (κ2) is 7.89. The number of benzene rings is 1. The summed E-state index contributed by atoms with van der Waals surface area (Å²) < 4.78 is 6.79. The highest BCUT2D eigenvalue weighted by Gasteiger charge is 2.20. The summed E-state index contributed by atoms with van der Waals surface area (Å²) in [5.41, 5.74) is 7.64. The van der Waals surface area contributed by atoms with Gasteiger partial charge in [0.1, 0.15) is 0 Å². The molecule has 0 aliphatic carbocycles. The van der Waals surface area contributed by atoms with Gasteiger partial charge in [0.25, 0.3) is 17.2 Å². The van der Waals surface area contributed by atoms with Crippen LogP contribution in [-0.4, -0.2) is 25.6 Å². The SMILES string of the molecule is CCn1c(NNC(=O)c2cc(-c3cccs3)nc3onc(C)c23)nc2ccccc2c1=O. The highest BCUT2D eigenvalue weighted by Crippen LogP contribution is 2.29. The highest BCUT2D eigenvalue weighted by molar-refractivity contribution is 7.13. The average Bonchev–Trinajstić information content (AvgIpc) is 3.47. The lowest BCUT2D eigenvalue weighted by Gasteiger charge is -2.14. The van der Waals surface area contributed by atoms with Crippen molar-refractivity contribution in [2.45, 2.75) is 20.4 Å². The Labute approximate surface area is 185 Å². The van der Waals surface area contributed by atoms with Gasteiger partial charge in [0.2, 0.25) is 5.95 Å². The molecule has 10 heteroatoms. The fraction of sp³-hybridized carbons (Fsp3) is 0.136. The molecule has 0 aliphatic rings. The fourth-order valence-corrected chi connectivity index (χ4v) is 4.25. The Bertz CT molecular complexity index is 1520. The van der Waals surface area contributed by atoms with Crippen LogP contribution in [-0.2, 0) is 6.54 Å². The first-order chi connectivity index (χ1) is 15.6. The van der Waals surface area contributed by atoms with E-state index in [1.165, 1.54) is 15.9 Å². The largest absolute Gasteiger partial charge is 0.335 e. The van der Waals surface area contributed by atoms with Crippen LogP contribution in [0, 0.1) is 6.92 Å². The van der Waals surface area contributed by atoms with E-state index in [4.69, 9.17) is 4.52 Å². The quantitative estimate of drug-likeness (QED) is 0.395. The maximum Gasteiger partial charge on any atom is 0.270 e. The molecule has 0 unspecified atom stereocenters. The van der Waals surface area contributed by atoms with Gasteiger partial charge in [-0.3, -0.25) is 25.0 Å². The standard InChI is InChI=1S/C22H18N6O3S/c1-3-28-21(30)13-7-4-5-8-15(13)24-22(28)26-25-19(29)14-11-16(17-9-6-10-32-17)23-20-18(14)12(2)27-31-20/h4-11H,3H2,1-2H3,(H,24,26)(H,25,29). The third-order valence-electron chi connectivity index (χ3n) is 5.10. The molecule has 2 N–H and O–H groups in total. The molecular formula is C22H18N6O3S. The van der Waals surface area contributed by atoms with Crippen LogP contribution in [0.2, 0.25) is 0 Å². The molecule has 160 valence electrons. The van der Waals surface area contributed by atoms with Crippen molar-refractivity contribution in [3.05, 3.63) is 69.5 Å². The molecule has 0 atom stereocenters. The molecule has 0 bridgehead atoms. The minimum atomic E-state index is -0.424. The van der Waals surface area contributed by atoms with Crippen molar-refractivity contribution in [3.63, 3.8) is 0 Å². The zero-order chi connectivity index (χ0) is 22.2. The van der Waals surface area contributed by atoms with Gasteiger partial charge in [0.15, 0.2) is 0 Å². The molecular weight excluding hydrogens is 428 g/mol. The van der Waals surface area contributed by atoms with E-state index in [1.807, 2.05) is 30.5 Å². The van der Waals surface area contributed by atoms with Gasteiger partial charge in [-0.25, -0.2) is 9.97 Å². The first-order valence-corrected chi connectivity index (χ1v) is 10.8. The fourth-order valence-electron chi connectivity index (χ4n) is 3.56. The minimum absolute atomic E-state index is 0.184. The number of hydrogen-bond acceptors (Lipinski definition) is 8. The van der Waals surface area contributed by atoms with Gasteiger partial charge in [0, 0.05) is 6.54 Å². The Hall–Kier alpha value is -4.05. The van der Waals surface area contributed by atoms with E-state index in [2.05, 4.69) is 26.0 Å². The summed E-state index contributed by atoms with van der Waals surface area (Å²) in [6.45, 7) is 3.98. The van der Waals surface area contributed by atoms with Gasteiger partial charge >= 0.3 is 0 Å². The Balaban J connectivity index is 1.52. The molecule has 32 heavy (non-hydrogen) atoms. The lowest BCUT2D eigenvalue weighted by Crippen LogP contribution is -2.34. The van der Waals surface area contributed by atoms with Crippen molar-refractivity contribution < 1.29 is 9.32 Å². The van der Waals surface area contributed by atoms with Crippen molar-refractivity contribution in [2.24, 2.45) is 0 Å². The third kappa shape index (κ3) is 3.30. The zero-order valence-corrected chi connectivity index (χ0v) is 18.1. The summed E-state index contributed by atoms with van der Waals surface area (Å²) in [6.07, 6.45) is 0. The van der Waals surface area contributed by atoms with Gasteiger partial charge in [-0.15, -0.1) is 11.3 Å². The first kappa shape index (κ1) is 19.9. The second-order valence-corrected chi connectivity index (χ2v) is 8.01. The molecule has 9 nitrogen and oxygen atoms in total. The number of hydrazine groups is 1. The van der Waals surface area contributed by atoms with E-state index in [1.54, 1.807) is 31.2 Å². The number of hydrogen-bond donors (Lipinski definition) is 2. The number of thiophene rings is 1. The van der Waals surface area contributed by atoms with Crippen LogP contribution < -0.4 is 16.4 Å². The Morgan fingerprint density at radius 2 is 2.03 bits per heavy atom. The van der Waals surface area contributed by atoms with Crippen molar-refractivity contribution in [2.75, 3.05) is 5.43 Å². The molecule has 1 aromatic carbocycles. The number of nitrogens with zero attached hydrogens (tertiary/aromatic N) is 4. The number of carbonyl (C=O) groups is 1. The maximum absolute atomic E-state index is 13.2. The van der Waals surface area contributed by atoms with E-state index in [0.717, 1.165) is 4.88 Å². The predicted molar refractivity (Wildman–Crippen MR) is 123 cm³/mol. The van der Waals surface area contributed by atoms with Crippen LogP contribution in [0.1, 0.15) is 23.0 Å². The van der Waals surface area contributed by atoms with E-state index >= 15 is 0 Å². The van der Waals surface area contributed by atoms with Gasteiger partial charge in [-0.2, -0.15) is 0 Å². The Morgan fingerprint density at radius 1 is 1.19 bits per heavy atom. The minimum Gasteiger partial charge on any atom is -0.335 e. The molecule has 5 aromatic rings. The lowest BCUT2D eigenvalue weighted by atomic mass is 10.1. The monoisotopic (exact) mass is 446 g/mol.